The molecular weight excluding hydrogens is 647 g/mol. The van der Waals surface area contributed by atoms with Crippen molar-refractivity contribution >= 4 is 67.8 Å². The number of sulfone groups is 1. The fraction of sp³-hybridized carbons (Fsp3) is 0.375. The number of phenolic OH excluding ortho intramolecular Hbond substituents is 1. The highest BCUT2D eigenvalue weighted by Crippen LogP contribution is 2.35. The molecule has 0 aliphatic heterocycles. The summed E-state index contributed by atoms with van der Waals surface area (Å²) < 4.78 is 32.7. The minimum absolute atomic E-state index is 0.0106. The lowest BCUT2D eigenvalue weighted by Crippen LogP contribution is -2.34. The Morgan fingerprint density at radius 3 is 2.20 bits per heavy atom. The van der Waals surface area contributed by atoms with E-state index in [0.29, 0.717) is 18.3 Å². The van der Waals surface area contributed by atoms with Gasteiger partial charge < -0.3 is 20.5 Å². The number of nitrogens with one attached hydrogen (secondary N) is 2. The summed E-state index contributed by atoms with van der Waals surface area (Å²) in [6, 6.07) is 12.7. The van der Waals surface area contributed by atoms with Crippen molar-refractivity contribution in [2.24, 2.45) is 5.92 Å². The summed E-state index contributed by atoms with van der Waals surface area (Å²) >= 11 is 18.2. The summed E-state index contributed by atoms with van der Waals surface area (Å²) in [7, 11) is -4.07. The topological polar surface area (TPSA) is 122 Å². The van der Waals surface area contributed by atoms with Crippen LogP contribution >= 0.6 is 34.8 Å². The molecule has 0 saturated heterocycles. The number of carbonyl (C=O) groups excluding carboxylic acids is 2. The second-order valence-electron chi connectivity index (χ2n) is 10.6. The zero-order valence-corrected chi connectivity index (χ0v) is 27.9. The third kappa shape index (κ3) is 9.51. The molecule has 2 unspecified atom stereocenters. The Balaban J connectivity index is 1.66. The molecule has 0 saturated carbocycles. The van der Waals surface area contributed by atoms with Gasteiger partial charge >= 0.3 is 0 Å². The predicted molar refractivity (Wildman–Crippen MR) is 177 cm³/mol. The van der Waals surface area contributed by atoms with E-state index in [2.05, 4.69) is 24.5 Å². The van der Waals surface area contributed by atoms with Crippen molar-refractivity contribution in [1.29, 1.82) is 0 Å². The molecule has 0 heterocycles. The number of unbranched alkanes of at least 4 members (excludes halogenated alkanes) is 3. The molecule has 3 N–H and O–H groups in total. The summed E-state index contributed by atoms with van der Waals surface area (Å²) in [6.45, 7) is 6.42. The standard InChI is InChI=1S/C32H37Cl3N2O6S/c1-4-6-7-8-9-20(3)19-43-22-11-13-23(14-12-22)44(41,42)30(5-2)32(40)36-27-18-29(38)28(17-26(27)35)37-31(39)21-10-15-24(33)25(34)16-21/h10-18,20,30,38H,4-9,19H2,1-3H3,(H,36,40)(H,37,39). The number of rotatable bonds is 15. The fourth-order valence-corrected chi connectivity index (χ4v) is 6.61. The van der Waals surface area contributed by atoms with Gasteiger partial charge in [0.2, 0.25) is 5.91 Å². The Labute approximate surface area is 274 Å². The van der Waals surface area contributed by atoms with Crippen LogP contribution in [-0.2, 0) is 14.6 Å². The Bertz CT molecular complexity index is 1560. The molecule has 44 heavy (non-hydrogen) atoms. The molecule has 3 rings (SSSR count). The first-order valence-electron chi connectivity index (χ1n) is 14.4. The van der Waals surface area contributed by atoms with Crippen molar-refractivity contribution in [1.82, 2.24) is 0 Å². The first-order chi connectivity index (χ1) is 20.9. The van der Waals surface area contributed by atoms with E-state index in [0.717, 1.165) is 18.9 Å². The summed E-state index contributed by atoms with van der Waals surface area (Å²) in [6.07, 6.45) is 5.83. The maximum Gasteiger partial charge on any atom is 0.255 e. The van der Waals surface area contributed by atoms with Crippen LogP contribution in [0.2, 0.25) is 15.1 Å². The lowest BCUT2D eigenvalue weighted by atomic mass is 10.0. The van der Waals surface area contributed by atoms with Gasteiger partial charge in [-0.05, 0) is 67.3 Å². The number of amides is 2. The zero-order chi connectivity index (χ0) is 32.4. The second kappa shape index (κ2) is 16.4. The number of hydrogen-bond donors (Lipinski definition) is 3. The molecule has 12 heteroatoms. The van der Waals surface area contributed by atoms with E-state index in [-0.39, 0.29) is 43.3 Å². The van der Waals surface area contributed by atoms with Crippen LogP contribution in [0.3, 0.4) is 0 Å². The number of carbonyl (C=O) groups is 2. The molecule has 0 aliphatic carbocycles. The smallest absolute Gasteiger partial charge is 0.255 e. The highest BCUT2D eigenvalue weighted by Gasteiger charge is 2.33. The van der Waals surface area contributed by atoms with Gasteiger partial charge in [-0.25, -0.2) is 8.42 Å². The van der Waals surface area contributed by atoms with Crippen LogP contribution in [-0.4, -0.2) is 37.2 Å². The summed E-state index contributed by atoms with van der Waals surface area (Å²) in [5, 5.41) is 14.5. The molecule has 0 fully saturated rings. The SMILES string of the molecule is CCCCCCC(C)COc1ccc(S(=O)(=O)C(CC)C(=O)Nc2cc(O)c(NC(=O)c3ccc(Cl)c(Cl)c3)cc2Cl)cc1. The van der Waals surface area contributed by atoms with Crippen LogP contribution in [0.5, 0.6) is 11.5 Å². The normalized spacial score (nSPS) is 12.8. The molecule has 2 atom stereocenters. The van der Waals surface area contributed by atoms with Crippen LogP contribution in [0.25, 0.3) is 0 Å². The average Bonchev–Trinajstić information content (AvgIpc) is 2.98. The number of halogens is 3. The number of anilines is 2. The first kappa shape index (κ1) is 35.5. The zero-order valence-electron chi connectivity index (χ0n) is 24.8. The Morgan fingerprint density at radius 1 is 0.864 bits per heavy atom. The van der Waals surface area contributed by atoms with Crippen molar-refractivity contribution in [2.45, 2.75) is 69.4 Å². The maximum atomic E-state index is 13.4. The first-order valence-corrected chi connectivity index (χ1v) is 17.1. The molecule has 238 valence electrons. The van der Waals surface area contributed by atoms with Crippen LogP contribution in [0.4, 0.5) is 11.4 Å². The number of ether oxygens (including phenoxy) is 1. The molecule has 0 aliphatic rings. The molecule has 8 nitrogen and oxygen atoms in total. The van der Waals surface area contributed by atoms with E-state index in [1.165, 1.54) is 55.7 Å². The van der Waals surface area contributed by atoms with E-state index in [4.69, 9.17) is 39.5 Å². The molecule has 2 amide bonds. The van der Waals surface area contributed by atoms with Gasteiger partial charge in [-0.15, -0.1) is 0 Å². The fourth-order valence-electron chi connectivity index (χ4n) is 4.48. The Hall–Kier alpha value is -2.98. The monoisotopic (exact) mass is 682 g/mol. The van der Waals surface area contributed by atoms with Gasteiger partial charge in [0.15, 0.2) is 9.84 Å². The van der Waals surface area contributed by atoms with E-state index < -0.39 is 32.7 Å². The van der Waals surface area contributed by atoms with Gasteiger partial charge in [-0.3, -0.25) is 9.59 Å². The van der Waals surface area contributed by atoms with Crippen molar-refractivity contribution in [3.05, 3.63) is 75.2 Å². The lowest BCUT2D eigenvalue weighted by Gasteiger charge is -2.18. The van der Waals surface area contributed by atoms with Gasteiger partial charge in [0, 0.05) is 11.6 Å². The van der Waals surface area contributed by atoms with Gasteiger partial charge in [-0.2, -0.15) is 0 Å². The molecule has 0 spiro atoms. The number of phenols is 1. The number of hydrogen-bond acceptors (Lipinski definition) is 6. The Morgan fingerprint density at radius 2 is 1.57 bits per heavy atom. The average molecular weight is 684 g/mol. The van der Waals surface area contributed by atoms with Crippen LogP contribution in [0.1, 0.15) is 69.7 Å². The van der Waals surface area contributed by atoms with Crippen molar-refractivity contribution in [3.63, 3.8) is 0 Å². The highest BCUT2D eigenvalue weighted by molar-refractivity contribution is 7.92. The maximum absolute atomic E-state index is 13.4. The third-order valence-electron chi connectivity index (χ3n) is 7.05. The van der Waals surface area contributed by atoms with Gasteiger partial charge in [0.25, 0.3) is 5.91 Å². The van der Waals surface area contributed by atoms with Crippen molar-refractivity contribution < 1.29 is 27.9 Å². The summed E-state index contributed by atoms with van der Waals surface area (Å²) in [5.74, 6) is -0.881. The molecule has 0 bridgehead atoms. The minimum atomic E-state index is -4.07. The predicted octanol–water partition coefficient (Wildman–Crippen LogP) is 8.78. The quantitative estimate of drug-likeness (QED) is 0.109. The van der Waals surface area contributed by atoms with E-state index in [9.17, 15) is 23.1 Å². The van der Waals surface area contributed by atoms with E-state index >= 15 is 0 Å². The van der Waals surface area contributed by atoms with Crippen LogP contribution < -0.4 is 15.4 Å². The van der Waals surface area contributed by atoms with Crippen LogP contribution in [0, 0.1) is 5.92 Å². The lowest BCUT2D eigenvalue weighted by molar-refractivity contribution is -0.115. The van der Waals surface area contributed by atoms with Gasteiger partial charge in [0.05, 0.1) is 37.9 Å². The van der Waals surface area contributed by atoms with Gasteiger partial charge in [-0.1, -0.05) is 81.3 Å². The molecular formula is C32H37Cl3N2O6S. The highest BCUT2D eigenvalue weighted by atomic mass is 35.5. The summed E-state index contributed by atoms with van der Waals surface area (Å²) in [4.78, 5) is 25.7. The third-order valence-corrected chi connectivity index (χ3v) is 10.3. The van der Waals surface area contributed by atoms with Crippen molar-refractivity contribution in [2.75, 3.05) is 17.2 Å². The molecule has 3 aromatic carbocycles. The molecule has 0 radical (unpaired) electrons. The number of benzene rings is 3. The van der Waals surface area contributed by atoms with Gasteiger partial charge in [0.1, 0.15) is 16.7 Å². The Kier molecular flexibility index (Phi) is 13.2. The van der Waals surface area contributed by atoms with Crippen molar-refractivity contribution in [3.8, 4) is 11.5 Å². The largest absolute Gasteiger partial charge is 0.506 e. The molecule has 0 aromatic heterocycles. The summed E-state index contributed by atoms with van der Waals surface area (Å²) in [5.41, 5.74) is 0.134. The van der Waals surface area contributed by atoms with E-state index in [1.807, 2.05) is 0 Å². The number of aromatic hydroxyl groups is 1. The second-order valence-corrected chi connectivity index (χ2v) is 14.0. The van der Waals surface area contributed by atoms with Crippen LogP contribution in [0.15, 0.2) is 59.5 Å². The van der Waals surface area contributed by atoms with E-state index in [1.54, 1.807) is 19.1 Å². The minimum Gasteiger partial charge on any atom is -0.506 e. The molecule has 3 aromatic rings.